The van der Waals surface area contributed by atoms with Crippen LogP contribution in [0.25, 0.3) is 0 Å². The fourth-order valence-corrected chi connectivity index (χ4v) is 4.82. The maximum atomic E-state index is 12.8. The Labute approximate surface area is 137 Å². The Kier molecular flexibility index (Phi) is 5.30. The SMILES string of the molecule is Cc1noc(CN2CCN(S(=O)(=O)N3CCCCCC3)CC2)n1. The van der Waals surface area contributed by atoms with Crippen LogP contribution >= 0.6 is 0 Å². The maximum absolute atomic E-state index is 12.8. The molecule has 2 aliphatic rings. The van der Waals surface area contributed by atoms with Gasteiger partial charge in [-0.1, -0.05) is 18.0 Å². The molecule has 0 unspecified atom stereocenters. The highest BCUT2D eigenvalue weighted by Gasteiger charge is 2.32. The van der Waals surface area contributed by atoms with Crippen LogP contribution in [0, 0.1) is 6.92 Å². The molecule has 2 fully saturated rings. The lowest BCUT2D eigenvalue weighted by molar-refractivity contribution is 0.158. The lowest BCUT2D eigenvalue weighted by atomic mass is 10.2. The van der Waals surface area contributed by atoms with Gasteiger partial charge < -0.3 is 4.52 Å². The number of aryl methyl sites for hydroxylation is 1. The van der Waals surface area contributed by atoms with E-state index < -0.39 is 10.2 Å². The molecule has 3 heterocycles. The summed E-state index contributed by atoms with van der Waals surface area (Å²) in [7, 11) is -3.31. The van der Waals surface area contributed by atoms with Crippen LogP contribution in [0.5, 0.6) is 0 Å². The van der Waals surface area contributed by atoms with Crippen molar-refractivity contribution < 1.29 is 12.9 Å². The molecule has 0 amide bonds. The molecule has 8 nitrogen and oxygen atoms in total. The van der Waals surface area contributed by atoms with E-state index in [0.717, 1.165) is 25.7 Å². The Morgan fingerprint density at radius 3 is 2.13 bits per heavy atom. The molecule has 3 rings (SSSR count). The summed E-state index contributed by atoms with van der Waals surface area (Å²) >= 11 is 0. The third-order valence-electron chi connectivity index (χ3n) is 4.48. The Morgan fingerprint density at radius 2 is 1.57 bits per heavy atom. The van der Waals surface area contributed by atoms with Crippen LogP contribution < -0.4 is 0 Å². The molecule has 130 valence electrons. The van der Waals surface area contributed by atoms with Crippen LogP contribution in [0.15, 0.2) is 4.52 Å². The number of rotatable bonds is 4. The van der Waals surface area contributed by atoms with Gasteiger partial charge in [0, 0.05) is 39.3 Å². The second kappa shape index (κ2) is 7.25. The molecule has 0 bridgehead atoms. The molecule has 0 N–H and O–H groups in total. The van der Waals surface area contributed by atoms with Gasteiger partial charge in [0.2, 0.25) is 5.89 Å². The first-order chi connectivity index (χ1) is 11.1. The molecule has 23 heavy (non-hydrogen) atoms. The van der Waals surface area contributed by atoms with Gasteiger partial charge in [0.15, 0.2) is 5.82 Å². The molecule has 0 atom stereocenters. The molecule has 0 aromatic carbocycles. The van der Waals surface area contributed by atoms with Crippen molar-refractivity contribution in [2.45, 2.75) is 39.2 Å². The van der Waals surface area contributed by atoms with Crippen molar-refractivity contribution in [3.8, 4) is 0 Å². The number of aromatic nitrogens is 2. The van der Waals surface area contributed by atoms with Crippen LogP contribution in [-0.4, -0.2) is 71.3 Å². The predicted molar refractivity (Wildman–Crippen MR) is 84.8 cm³/mol. The van der Waals surface area contributed by atoms with Crippen LogP contribution in [0.4, 0.5) is 0 Å². The summed E-state index contributed by atoms with van der Waals surface area (Å²) in [4.78, 5) is 6.35. The molecule has 0 spiro atoms. The van der Waals surface area contributed by atoms with E-state index in [4.69, 9.17) is 4.52 Å². The molecule has 0 aliphatic carbocycles. The van der Waals surface area contributed by atoms with Crippen molar-refractivity contribution in [3.05, 3.63) is 11.7 Å². The van der Waals surface area contributed by atoms with Crippen LogP contribution in [0.3, 0.4) is 0 Å². The molecule has 9 heteroatoms. The first kappa shape index (κ1) is 16.8. The van der Waals surface area contributed by atoms with E-state index in [-0.39, 0.29) is 0 Å². The highest BCUT2D eigenvalue weighted by atomic mass is 32.2. The highest BCUT2D eigenvalue weighted by molar-refractivity contribution is 7.86. The van der Waals surface area contributed by atoms with Crippen molar-refractivity contribution in [1.29, 1.82) is 0 Å². The summed E-state index contributed by atoms with van der Waals surface area (Å²) in [6.07, 6.45) is 4.19. The largest absolute Gasteiger partial charge is 0.338 e. The predicted octanol–water partition coefficient (Wildman–Crippen LogP) is 0.616. The third-order valence-corrected chi connectivity index (χ3v) is 6.51. The van der Waals surface area contributed by atoms with Crippen LogP contribution in [0.2, 0.25) is 0 Å². The second-order valence-electron chi connectivity index (χ2n) is 6.23. The van der Waals surface area contributed by atoms with E-state index in [9.17, 15) is 8.42 Å². The number of piperazine rings is 1. The van der Waals surface area contributed by atoms with E-state index in [0.29, 0.717) is 57.5 Å². The van der Waals surface area contributed by atoms with Gasteiger partial charge in [0.05, 0.1) is 6.54 Å². The molecule has 2 aliphatic heterocycles. The zero-order valence-corrected chi connectivity index (χ0v) is 14.5. The monoisotopic (exact) mass is 343 g/mol. The summed E-state index contributed by atoms with van der Waals surface area (Å²) in [5, 5.41) is 3.78. The summed E-state index contributed by atoms with van der Waals surface area (Å²) in [5.74, 6) is 1.22. The molecule has 0 radical (unpaired) electrons. The molecule has 2 saturated heterocycles. The zero-order valence-electron chi connectivity index (χ0n) is 13.6. The molecule has 1 aromatic heterocycles. The number of hydrogen-bond donors (Lipinski definition) is 0. The average molecular weight is 343 g/mol. The van der Waals surface area contributed by atoms with Crippen molar-refractivity contribution >= 4 is 10.2 Å². The first-order valence-corrected chi connectivity index (χ1v) is 9.72. The van der Waals surface area contributed by atoms with Gasteiger partial charge in [-0.2, -0.15) is 22.0 Å². The molecule has 0 saturated carbocycles. The van der Waals surface area contributed by atoms with E-state index in [2.05, 4.69) is 15.0 Å². The number of nitrogens with zero attached hydrogens (tertiary/aromatic N) is 5. The van der Waals surface area contributed by atoms with Crippen molar-refractivity contribution in [2.75, 3.05) is 39.3 Å². The summed E-state index contributed by atoms with van der Waals surface area (Å²) in [5.41, 5.74) is 0. The minimum Gasteiger partial charge on any atom is -0.338 e. The van der Waals surface area contributed by atoms with Gasteiger partial charge in [0.1, 0.15) is 0 Å². The topological polar surface area (TPSA) is 82.8 Å². The lowest BCUT2D eigenvalue weighted by Crippen LogP contribution is -2.52. The summed E-state index contributed by atoms with van der Waals surface area (Å²) in [6, 6.07) is 0. The van der Waals surface area contributed by atoms with E-state index in [1.807, 2.05) is 0 Å². The first-order valence-electron chi connectivity index (χ1n) is 8.32. The standard InChI is InChI=1S/C14H25N5O3S/c1-13-15-14(22-16-13)12-17-8-10-19(11-9-17)23(20,21)18-6-4-2-3-5-7-18/h2-12H2,1H3. The Bertz CT molecular complexity index is 602. The zero-order chi connectivity index (χ0) is 16.3. The van der Waals surface area contributed by atoms with Crippen molar-refractivity contribution in [3.63, 3.8) is 0 Å². The smallest absolute Gasteiger partial charge is 0.282 e. The second-order valence-corrected chi connectivity index (χ2v) is 8.16. The van der Waals surface area contributed by atoms with Crippen LogP contribution in [0.1, 0.15) is 37.4 Å². The van der Waals surface area contributed by atoms with Gasteiger partial charge >= 0.3 is 0 Å². The Hall–Kier alpha value is -1.03. The summed E-state index contributed by atoms with van der Waals surface area (Å²) < 4.78 is 33.9. The quantitative estimate of drug-likeness (QED) is 0.797. The normalized spacial score (nSPS) is 23.0. The van der Waals surface area contributed by atoms with Gasteiger partial charge in [-0.25, -0.2) is 0 Å². The molecule has 1 aromatic rings. The van der Waals surface area contributed by atoms with E-state index in [1.165, 1.54) is 0 Å². The van der Waals surface area contributed by atoms with E-state index in [1.54, 1.807) is 15.5 Å². The van der Waals surface area contributed by atoms with Gasteiger partial charge in [-0.3, -0.25) is 4.90 Å². The maximum Gasteiger partial charge on any atom is 0.282 e. The van der Waals surface area contributed by atoms with E-state index >= 15 is 0 Å². The third kappa shape index (κ3) is 4.09. The Morgan fingerprint density at radius 1 is 0.957 bits per heavy atom. The fraction of sp³-hybridized carbons (Fsp3) is 0.857. The van der Waals surface area contributed by atoms with Gasteiger partial charge in [0.25, 0.3) is 10.2 Å². The average Bonchev–Trinajstić information content (AvgIpc) is 2.79. The highest BCUT2D eigenvalue weighted by Crippen LogP contribution is 2.18. The van der Waals surface area contributed by atoms with Gasteiger partial charge in [-0.15, -0.1) is 0 Å². The minimum atomic E-state index is -3.31. The molecular formula is C14H25N5O3S. The Balaban J connectivity index is 1.55. The van der Waals surface area contributed by atoms with Crippen molar-refractivity contribution in [2.24, 2.45) is 0 Å². The van der Waals surface area contributed by atoms with Crippen molar-refractivity contribution in [1.82, 2.24) is 23.7 Å². The minimum absolute atomic E-state index is 0.520. The summed E-state index contributed by atoms with van der Waals surface area (Å²) in [6.45, 7) is 6.10. The lowest BCUT2D eigenvalue weighted by Gasteiger charge is -2.35. The van der Waals surface area contributed by atoms with Crippen LogP contribution in [-0.2, 0) is 16.8 Å². The number of hydrogen-bond acceptors (Lipinski definition) is 6. The fourth-order valence-electron chi connectivity index (χ4n) is 3.15. The molecular weight excluding hydrogens is 318 g/mol. The van der Waals surface area contributed by atoms with Gasteiger partial charge in [-0.05, 0) is 19.8 Å².